The number of rotatable bonds is 3. The van der Waals surface area contributed by atoms with Gasteiger partial charge >= 0.3 is 0 Å². The maximum absolute atomic E-state index is 11.9. The van der Waals surface area contributed by atoms with Gasteiger partial charge in [0, 0.05) is 37.6 Å². The minimum atomic E-state index is -0.316. The van der Waals surface area contributed by atoms with Crippen molar-refractivity contribution in [3.05, 3.63) is 46.6 Å². The third-order valence-electron chi connectivity index (χ3n) is 2.58. The van der Waals surface area contributed by atoms with Crippen LogP contribution in [0.25, 0.3) is 0 Å². The van der Waals surface area contributed by atoms with Crippen LogP contribution in [0.15, 0.2) is 35.5 Å². The topological polar surface area (TPSA) is 68.9 Å². The highest BCUT2D eigenvalue weighted by Crippen LogP contribution is 2.07. The average Bonchev–Trinajstić information content (AvgIpc) is 2.80. The van der Waals surface area contributed by atoms with Crippen molar-refractivity contribution in [2.75, 3.05) is 5.32 Å². The lowest BCUT2D eigenvalue weighted by atomic mass is 10.2. The van der Waals surface area contributed by atoms with E-state index in [-0.39, 0.29) is 11.5 Å². The van der Waals surface area contributed by atoms with Gasteiger partial charge in [0.25, 0.3) is 11.5 Å². The first kappa shape index (κ1) is 12.1. The molecule has 1 amide bonds. The highest BCUT2D eigenvalue weighted by molar-refractivity contribution is 6.03. The van der Waals surface area contributed by atoms with Gasteiger partial charge in [0.2, 0.25) is 0 Å². The summed E-state index contributed by atoms with van der Waals surface area (Å²) < 4.78 is 3.12. The van der Waals surface area contributed by atoms with Gasteiger partial charge in [0.15, 0.2) is 0 Å². The van der Waals surface area contributed by atoms with Crippen molar-refractivity contribution in [1.82, 2.24) is 14.3 Å². The Morgan fingerprint density at radius 2 is 2.28 bits per heavy atom. The molecule has 0 fully saturated rings. The van der Waals surface area contributed by atoms with E-state index in [1.807, 2.05) is 6.92 Å². The summed E-state index contributed by atoms with van der Waals surface area (Å²) in [4.78, 5) is 23.3. The van der Waals surface area contributed by atoms with E-state index in [4.69, 9.17) is 0 Å². The molecule has 6 nitrogen and oxygen atoms in total. The Labute approximate surface area is 104 Å². The first-order valence-corrected chi connectivity index (χ1v) is 5.60. The van der Waals surface area contributed by atoms with Crippen LogP contribution in [0.3, 0.4) is 0 Å². The number of anilines is 1. The zero-order valence-electron chi connectivity index (χ0n) is 10.3. The second-order valence-corrected chi connectivity index (χ2v) is 3.90. The Morgan fingerprint density at radius 3 is 2.89 bits per heavy atom. The standard InChI is InChI=1S/C12H14N4O2/c1-3-16-8-10(7-13-16)14-12(18)9-4-5-15(2)11(17)6-9/h4-8H,3H2,1-2H3,(H,14,18). The Bertz CT molecular complexity index is 627. The second kappa shape index (κ2) is 4.87. The fourth-order valence-electron chi connectivity index (χ4n) is 1.49. The lowest BCUT2D eigenvalue weighted by molar-refractivity contribution is 0.102. The highest BCUT2D eigenvalue weighted by Gasteiger charge is 2.08. The summed E-state index contributed by atoms with van der Waals surface area (Å²) in [5, 5.41) is 6.74. The molecule has 1 N–H and O–H groups in total. The van der Waals surface area contributed by atoms with Crippen LogP contribution in [-0.2, 0) is 13.6 Å². The van der Waals surface area contributed by atoms with Gasteiger partial charge in [-0.15, -0.1) is 0 Å². The Kier molecular flexibility index (Phi) is 3.27. The van der Waals surface area contributed by atoms with Crippen molar-refractivity contribution in [3.63, 3.8) is 0 Å². The summed E-state index contributed by atoms with van der Waals surface area (Å²) in [7, 11) is 1.63. The SMILES string of the molecule is CCn1cc(NC(=O)c2ccn(C)c(=O)c2)cn1. The fraction of sp³-hybridized carbons (Fsp3) is 0.250. The van der Waals surface area contributed by atoms with Gasteiger partial charge in [-0.05, 0) is 13.0 Å². The summed E-state index contributed by atoms with van der Waals surface area (Å²) in [6.45, 7) is 2.70. The van der Waals surface area contributed by atoms with E-state index in [1.54, 1.807) is 36.4 Å². The monoisotopic (exact) mass is 246 g/mol. The number of carbonyl (C=O) groups excluding carboxylic acids is 1. The zero-order valence-corrected chi connectivity index (χ0v) is 10.3. The van der Waals surface area contributed by atoms with Crippen molar-refractivity contribution >= 4 is 11.6 Å². The lowest BCUT2D eigenvalue weighted by Crippen LogP contribution is -2.19. The molecule has 18 heavy (non-hydrogen) atoms. The molecule has 2 rings (SSSR count). The lowest BCUT2D eigenvalue weighted by Gasteiger charge is -2.03. The molecule has 0 aliphatic heterocycles. The third kappa shape index (κ3) is 2.48. The number of hydrogen-bond donors (Lipinski definition) is 1. The summed E-state index contributed by atoms with van der Waals surface area (Å²) >= 11 is 0. The van der Waals surface area contributed by atoms with Crippen molar-refractivity contribution in [2.24, 2.45) is 7.05 Å². The number of carbonyl (C=O) groups is 1. The maximum atomic E-state index is 11.9. The number of nitrogens with one attached hydrogen (secondary N) is 1. The minimum Gasteiger partial charge on any atom is -0.319 e. The van der Waals surface area contributed by atoms with Gasteiger partial charge in [0.05, 0.1) is 11.9 Å². The van der Waals surface area contributed by atoms with Crippen LogP contribution in [0, 0.1) is 0 Å². The quantitative estimate of drug-likeness (QED) is 0.873. The third-order valence-corrected chi connectivity index (χ3v) is 2.58. The number of pyridine rings is 1. The van der Waals surface area contributed by atoms with E-state index in [2.05, 4.69) is 10.4 Å². The van der Waals surface area contributed by atoms with Gasteiger partial charge in [-0.3, -0.25) is 14.3 Å². The number of hydrogen-bond acceptors (Lipinski definition) is 3. The Hall–Kier alpha value is -2.37. The van der Waals surface area contributed by atoms with Crippen molar-refractivity contribution in [3.8, 4) is 0 Å². The van der Waals surface area contributed by atoms with Crippen LogP contribution in [-0.4, -0.2) is 20.3 Å². The minimum absolute atomic E-state index is 0.216. The molecule has 0 spiro atoms. The number of nitrogens with zero attached hydrogens (tertiary/aromatic N) is 3. The molecular weight excluding hydrogens is 232 g/mol. The highest BCUT2D eigenvalue weighted by atomic mass is 16.2. The predicted octanol–water partition coefficient (Wildman–Crippen LogP) is 0.854. The van der Waals surface area contributed by atoms with Gasteiger partial charge < -0.3 is 9.88 Å². The largest absolute Gasteiger partial charge is 0.319 e. The van der Waals surface area contributed by atoms with Crippen molar-refractivity contribution in [1.29, 1.82) is 0 Å². The van der Waals surface area contributed by atoms with Gasteiger partial charge in [0.1, 0.15) is 0 Å². The summed E-state index contributed by atoms with van der Waals surface area (Å²) in [5.74, 6) is -0.316. The van der Waals surface area contributed by atoms with Crippen LogP contribution >= 0.6 is 0 Å². The molecule has 2 aromatic heterocycles. The van der Waals surface area contributed by atoms with Gasteiger partial charge in [-0.1, -0.05) is 0 Å². The van der Waals surface area contributed by atoms with Crippen LogP contribution in [0.5, 0.6) is 0 Å². The molecule has 0 aliphatic carbocycles. The van der Waals surface area contributed by atoms with Gasteiger partial charge in [-0.2, -0.15) is 5.10 Å². The van der Waals surface area contributed by atoms with E-state index in [0.717, 1.165) is 6.54 Å². The fourth-order valence-corrected chi connectivity index (χ4v) is 1.49. The molecule has 94 valence electrons. The molecule has 0 bridgehead atoms. The summed E-state index contributed by atoms with van der Waals surface area (Å²) in [5.41, 5.74) is 0.733. The van der Waals surface area contributed by atoms with Crippen molar-refractivity contribution in [2.45, 2.75) is 13.5 Å². The molecule has 0 saturated heterocycles. The van der Waals surface area contributed by atoms with Crippen LogP contribution in [0.4, 0.5) is 5.69 Å². The Balaban J connectivity index is 2.16. The number of aromatic nitrogens is 3. The smallest absolute Gasteiger partial charge is 0.256 e. The molecule has 0 aromatic carbocycles. The van der Waals surface area contributed by atoms with Crippen LogP contribution < -0.4 is 10.9 Å². The molecular formula is C12H14N4O2. The van der Waals surface area contributed by atoms with Crippen LogP contribution in [0.2, 0.25) is 0 Å². The summed E-state index contributed by atoms with van der Waals surface area (Å²) in [6.07, 6.45) is 4.87. The number of aryl methyl sites for hydroxylation is 2. The zero-order chi connectivity index (χ0) is 13.1. The Morgan fingerprint density at radius 1 is 1.50 bits per heavy atom. The first-order chi connectivity index (χ1) is 8.60. The molecule has 0 atom stereocenters. The normalized spacial score (nSPS) is 10.3. The first-order valence-electron chi connectivity index (χ1n) is 5.60. The van der Waals surface area contributed by atoms with Crippen molar-refractivity contribution < 1.29 is 4.79 Å². The number of amides is 1. The van der Waals surface area contributed by atoms with E-state index < -0.39 is 0 Å². The molecule has 0 aliphatic rings. The second-order valence-electron chi connectivity index (χ2n) is 3.90. The predicted molar refractivity (Wildman–Crippen MR) is 67.5 cm³/mol. The maximum Gasteiger partial charge on any atom is 0.256 e. The molecule has 0 saturated carbocycles. The molecule has 0 unspecified atom stereocenters. The van der Waals surface area contributed by atoms with E-state index in [9.17, 15) is 9.59 Å². The van der Waals surface area contributed by atoms with Crippen LogP contribution in [0.1, 0.15) is 17.3 Å². The van der Waals surface area contributed by atoms with E-state index in [0.29, 0.717) is 11.3 Å². The van der Waals surface area contributed by atoms with E-state index >= 15 is 0 Å². The van der Waals surface area contributed by atoms with E-state index in [1.165, 1.54) is 10.6 Å². The summed E-state index contributed by atoms with van der Waals surface area (Å²) in [6, 6.07) is 2.90. The van der Waals surface area contributed by atoms with Gasteiger partial charge in [-0.25, -0.2) is 0 Å². The molecule has 2 heterocycles. The molecule has 6 heteroatoms. The molecule has 0 radical (unpaired) electrons. The molecule has 2 aromatic rings. The average molecular weight is 246 g/mol.